The summed E-state index contributed by atoms with van der Waals surface area (Å²) < 4.78 is 71.5. The molecule has 0 aliphatic carbocycles. The van der Waals surface area contributed by atoms with E-state index in [2.05, 4.69) is 20.5 Å². The van der Waals surface area contributed by atoms with Crippen molar-refractivity contribution >= 4 is 23.2 Å². The van der Waals surface area contributed by atoms with E-state index in [-0.39, 0.29) is 17.3 Å². The lowest BCUT2D eigenvalue weighted by Crippen LogP contribution is -2.37. The highest BCUT2D eigenvalue weighted by Crippen LogP contribution is 2.41. The fourth-order valence-corrected chi connectivity index (χ4v) is 3.89. The van der Waals surface area contributed by atoms with Gasteiger partial charge in [-0.2, -0.15) is 13.2 Å². The SMILES string of the molecule is CNN(C)C(=O)c1nc2n(n1)-c1ccc(C(F)(F)F)c(Cl)c1C(c1c(F)cccc1F)=N[C@H]2C. The second kappa shape index (κ2) is 8.44. The van der Waals surface area contributed by atoms with Gasteiger partial charge in [-0.25, -0.2) is 23.9 Å². The van der Waals surface area contributed by atoms with E-state index in [0.717, 1.165) is 40.0 Å². The zero-order valence-electron chi connectivity index (χ0n) is 17.9. The minimum atomic E-state index is -4.86. The number of hydrogen-bond acceptors (Lipinski definition) is 5. The number of halogens is 6. The molecule has 7 nitrogen and oxygen atoms in total. The van der Waals surface area contributed by atoms with Gasteiger partial charge >= 0.3 is 12.1 Å². The number of aliphatic imine (C=N–C) groups is 1. The van der Waals surface area contributed by atoms with Crippen LogP contribution in [0.1, 0.15) is 46.1 Å². The summed E-state index contributed by atoms with van der Waals surface area (Å²) in [6, 6.07) is 3.84. The first-order valence-electron chi connectivity index (χ1n) is 9.80. The zero-order valence-corrected chi connectivity index (χ0v) is 18.6. The topological polar surface area (TPSA) is 75.4 Å². The normalized spacial score (nSPS) is 15.3. The Kier molecular flexibility index (Phi) is 5.90. The first-order valence-corrected chi connectivity index (χ1v) is 10.2. The molecule has 0 saturated carbocycles. The van der Waals surface area contributed by atoms with Crippen LogP contribution in [-0.2, 0) is 6.18 Å². The fraction of sp³-hybridized carbons (Fsp3) is 0.238. The van der Waals surface area contributed by atoms with Crippen LogP contribution in [0.3, 0.4) is 0 Å². The van der Waals surface area contributed by atoms with Gasteiger partial charge in [0.15, 0.2) is 5.82 Å². The van der Waals surface area contributed by atoms with Crippen LogP contribution in [0.5, 0.6) is 0 Å². The third-order valence-electron chi connectivity index (χ3n) is 5.25. The van der Waals surface area contributed by atoms with Gasteiger partial charge in [-0.05, 0) is 31.2 Å². The van der Waals surface area contributed by atoms with Crippen molar-refractivity contribution < 1.29 is 26.7 Å². The van der Waals surface area contributed by atoms with Crippen molar-refractivity contribution in [2.24, 2.45) is 4.99 Å². The average Bonchev–Trinajstić information content (AvgIpc) is 3.17. The largest absolute Gasteiger partial charge is 0.417 e. The van der Waals surface area contributed by atoms with Gasteiger partial charge in [0.2, 0.25) is 5.82 Å². The molecule has 1 aliphatic heterocycles. The number of amides is 1. The smallest absolute Gasteiger partial charge is 0.275 e. The summed E-state index contributed by atoms with van der Waals surface area (Å²) in [6.07, 6.45) is -4.86. The molecule has 2 aromatic carbocycles. The van der Waals surface area contributed by atoms with E-state index in [1.165, 1.54) is 21.0 Å². The Morgan fingerprint density at radius 2 is 1.79 bits per heavy atom. The van der Waals surface area contributed by atoms with Crippen molar-refractivity contribution in [3.63, 3.8) is 0 Å². The van der Waals surface area contributed by atoms with Crippen LogP contribution in [0, 0.1) is 11.6 Å². The second-order valence-electron chi connectivity index (χ2n) is 7.36. The second-order valence-corrected chi connectivity index (χ2v) is 7.74. The molecule has 2 heterocycles. The van der Waals surface area contributed by atoms with E-state index >= 15 is 0 Å². The minimum Gasteiger partial charge on any atom is -0.275 e. The molecule has 1 aliphatic rings. The Morgan fingerprint density at radius 1 is 1.15 bits per heavy atom. The van der Waals surface area contributed by atoms with Crippen LogP contribution >= 0.6 is 11.6 Å². The standard InChI is InChI=1S/C21H16ClF5N6O/c1-9-19-30-18(20(34)32(3)28-2)31-33(19)13-8-7-10(21(25,26)27)16(22)15(13)17(29-9)14-11(23)5-4-6-12(14)24/h4-9,28H,1-3H3/t9-/m0/s1. The lowest BCUT2D eigenvalue weighted by Gasteiger charge is -2.18. The number of carbonyl (C=O) groups excluding carboxylic acids is 1. The van der Waals surface area contributed by atoms with Gasteiger partial charge < -0.3 is 0 Å². The quantitative estimate of drug-likeness (QED) is 0.431. The van der Waals surface area contributed by atoms with Crippen LogP contribution in [0.2, 0.25) is 5.02 Å². The fourth-order valence-electron chi connectivity index (χ4n) is 3.53. The third-order valence-corrected chi connectivity index (χ3v) is 5.64. The van der Waals surface area contributed by atoms with Crippen molar-refractivity contribution in [1.29, 1.82) is 0 Å². The predicted molar refractivity (Wildman–Crippen MR) is 113 cm³/mol. The van der Waals surface area contributed by atoms with Gasteiger partial charge in [0, 0.05) is 19.7 Å². The number of nitrogens with zero attached hydrogens (tertiary/aromatic N) is 5. The highest BCUT2D eigenvalue weighted by Gasteiger charge is 2.38. The number of hydrazine groups is 1. The van der Waals surface area contributed by atoms with Gasteiger partial charge in [0.25, 0.3) is 0 Å². The molecule has 178 valence electrons. The van der Waals surface area contributed by atoms with Crippen molar-refractivity contribution in [2.45, 2.75) is 19.1 Å². The van der Waals surface area contributed by atoms with Crippen molar-refractivity contribution in [3.8, 4) is 5.69 Å². The average molecular weight is 499 g/mol. The molecule has 1 N–H and O–H groups in total. The van der Waals surface area contributed by atoms with E-state index in [1.54, 1.807) is 0 Å². The van der Waals surface area contributed by atoms with Crippen LogP contribution in [-0.4, -0.2) is 45.5 Å². The molecular formula is C21H16ClF5N6O. The molecule has 13 heteroatoms. The lowest BCUT2D eigenvalue weighted by atomic mass is 9.97. The molecule has 1 atom stereocenters. The molecule has 0 bridgehead atoms. The summed E-state index contributed by atoms with van der Waals surface area (Å²) in [5.41, 5.74) is -0.162. The molecule has 1 amide bonds. The Labute approximate surface area is 194 Å². The number of hydrogen-bond donors (Lipinski definition) is 1. The zero-order chi connectivity index (χ0) is 24.9. The molecule has 0 spiro atoms. The number of benzene rings is 2. The van der Waals surface area contributed by atoms with Crippen molar-refractivity contribution in [3.05, 3.63) is 75.3 Å². The summed E-state index contributed by atoms with van der Waals surface area (Å²) >= 11 is 6.20. The number of alkyl halides is 3. The number of nitrogens with one attached hydrogen (secondary N) is 1. The summed E-state index contributed by atoms with van der Waals surface area (Å²) in [7, 11) is 2.92. The van der Waals surface area contributed by atoms with Gasteiger partial charge in [0.05, 0.1) is 27.5 Å². The maximum atomic E-state index is 14.7. The van der Waals surface area contributed by atoms with Gasteiger partial charge in [-0.1, -0.05) is 17.7 Å². The molecule has 1 aromatic heterocycles. The molecular weight excluding hydrogens is 483 g/mol. The third kappa shape index (κ3) is 3.82. The van der Waals surface area contributed by atoms with E-state index in [0.29, 0.717) is 0 Å². The molecule has 4 rings (SSSR count). The van der Waals surface area contributed by atoms with E-state index < -0.39 is 57.2 Å². The van der Waals surface area contributed by atoms with Gasteiger partial charge in [-0.15, -0.1) is 5.10 Å². The molecule has 0 fully saturated rings. The lowest BCUT2D eigenvalue weighted by molar-refractivity contribution is -0.137. The summed E-state index contributed by atoms with van der Waals surface area (Å²) in [5, 5.41) is 4.43. The molecule has 0 saturated heterocycles. The number of fused-ring (bicyclic) bond motifs is 3. The number of carbonyl (C=O) groups is 1. The maximum absolute atomic E-state index is 14.7. The minimum absolute atomic E-state index is 0.0664. The monoisotopic (exact) mass is 498 g/mol. The van der Waals surface area contributed by atoms with Crippen LogP contribution in [0.4, 0.5) is 22.0 Å². The predicted octanol–water partition coefficient (Wildman–Crippen LogP) is 4.34. The first kappa shape index (κ1) is 23.8. The van der Waals surface area contributed by atoms with E-state index in [9.17, 15) is 26.7 Å². The van der Waals surface area contributed by atoms with Crippen LogP contribution in [0.25, 0.3) is 5.69 Å². The van der Waals surface area contributed by atoms with Crippen LogP contribution in [0.15, 0.2) is 35.3 Å². The molecule has 34 heavy (non-hydrogen) atoms. The van der Waals surface area contributed by atoms with E-state index in [4.69, 9.17) is 11.6 Å². The Bertz CT molecular complexity index is 1320. The van der Waals surface area contributed by atoms with E-state index in [1.807, 2.05) is 0 Å². The van der Waals surface area contributed by atoms with Crippen molar-refractivity contribution in [2.75, 3.05) is 14.1 Å². The molecule has 3 aromatic rings. The number of aromatic nitrogens is 3. The number of rotatable bonds is 3. The first-order chi connectivity index (χ1) is 16.0. The Hall–Kier alpha value is -3.38. The molecule has 0 radical (unpaired) electrons. The summed E-state index contributed by atoms with van der Waals surface area (Å²) in [6.45, 7) is 1.50. The van der Waals surface area contributed by atoms with Crippen LogP contribution < -0.4 is 5.43 Å². The maximum Gasteiger partial charge on any atom is 0.417 e. The highest BCUT2D eigenvalue weighted by atomic mass is 35.5. The van der Waals surface area contributed by atoms with Gasteiger partial charge in [0.1, 0.15) is 17.7 Å². The van der Waals surface area contributed by atoms with Crippen molar-refractivity contribution in [1.82, 2.24) is 25.2 Å². The Balaban J connectivity index is 2.07. The molecule has 0 unspecified atom stereocenters. The summed E-state index contributed by atoms with van der Waals surface area (Å²) in [4.78, 5) is 21.0. The Morgan fingerprint density at radius 3 is 2.38 bits per heavy atom. The van der Waals surface area contributed by atoms with Gasteiger partial charge in [-0.3, -0.25) is 14.8 Å². The summed E-state index contributed by atoms with van der Waals surface area (Å²) in [5.74, 6) is -2.90. The highest BCUT2D eigenvalue weighted by molar-refractivity contribution is 6.37.